The number of nitrogens with one attached hydrogen (secondary N) is 1. The van der Waals surface area contributed by atoms with Crippen molar-refractivity contribution in [3.8, 4) is 28.5 Å². The fourth-order valence-corrected chi connectivity index (χ4v) is 3.51. The van der Waals surface area contributed by atoms with Crippen LogP contribution in [0.4, 0.5) is 0 Å². The first-order chi connectivity index (χ1) is 13.0. The van der Waals surface area contributed by atoms with E-state index < -0.39 is 0 Å². The molecule has 1 aliphatic rings. The summed E-state index contributed by atoms with van der Waals surface area (Å²) in [6.07, 6.45) is 0. The van der Waals surface area contributed by atoms with Gasteiger partial charge in [-0.25, -0.2) is 0 Å². The molecule has 7 nitrogen and oxygen atoms in total. The molecule has 1 aromatic heterocycles. The molecule has 0 fully saturated rings. The quantitative estimate of drug-likeness (QED) is 0.742. The average molecular weight is 365 g/mol. The molecule has 2 aromatic carbocycles. The number of carbonyl (C=O) groups excluding carboxylic acids is 1. The first-order valence-electron chi connectivity index (χ1n) is 8.42. The zero-order chi connectivity index (χ0) is 19.1. The maximum atomic E-state index is 12.7. The highest BCUT2D eigenvalue weighted by atomic mass is 16.5. The Morgan fingerprint density at radius 3 is 2.70 bits per heavy atom. The molecule has 7 heteroatoms. The number of aromatic hydroxyl groups is 1. The van der Waals surface area contributed by atoms with Gasteiger partial charge in [0.15, 0.2) is 11.5 Å². The van der Waals surface area contributed by atoms with Crippen LogP contribution in [-0.2, 0) is 0 Å². The summed E-state index contributed by atoms with van der Waals surface area (Å²) < 4.78 is 10.5. The minimum absolute atomic E-state index is 0.0497. The van der Waals surface area contributed by atoms with E-state index in [9.17, 15) is 9.90 Å². The maximum absolute atomic E-state index is 12.7. The number of hydrogen-bond acceptors (Lipinski definition) is 5. The summed E-state index contributed by atoms with van der Waals surface area (Å²) in [5.41, 5.74) is 3.63. The second kappa shape index (κ2) is 6.35. The first-order valence-corrected chi connectivity index (χ1v) is 8.42. The third-order valence-corrected chi connectivity index (χ3v) is 4.86. The predicted molar refractivity (Wildman–Crippen MR) is 99.2 cm³/mol. The number of methoxy groups -OCH3 is 2. The van der Waals surface area contributed by atoms with E-state index in [0.717, 1.165) is 16.7 Å². The smallest absolute Gasteiger partial charge is 0.272 e. The molecular weight excluding hydrogens is 346 g/mol. The number of ether oxygens (including phenoxy) is 2. The second-order valence-electron chi connectivity index (χ2n) is 6.34. The molecule has 1 amide bonds. The van der Waals surface area contributed by atoms with Gasteiger partial charge in [-0.2, -0.15) is 5.10 Å². The van der Waals surface area contributed by atoms with E-state index in [-0.39, 0.29) is 17.7 Å². The lowest BCUT2D eigenvalue weighted by molar-refractivity contribution is 0.0787. The molecule has 1 unspecified atom stereocenters. The Bertz CT molecular complexity index is 1030. The Hall–Kier alpha value is -3.48. The zero-order valence-electron chi connectivity index (χ0n) is 15.2. The van der Waals surface area contributed by atoms with Crippen molar-refractivity contribution in [2.75, 3.05) is 21.3 Å². The van der Waals surface area contributed by atoms with Crippen LogP contribution in [0, 0.1) is 0 Å². The van der Waals surface area contributed by atoms with E-state index in [2.05, 4.69) is 10.2 Å². The van der Waals surface area contributed by atoms with Crippen LogP contribution >= 0.6 is 0 Å². The Morgan fingerprint density at radius 1 is 1.15 bits per heavy atom. The number of rotatable bonds is 4. The van der Waals surface area contributed by atoms with Crippen molar-refractivity contribution in [1.82, 2.24) is 15.1 Å². The monoisotopic (exact) mass is 365 g/mol. The van der Waals surface area contributed by atoms with Crippen LogP contribution in [0.3, 0.4) is 0 Å². The van der Waals surface area contributed by atoms with Gasteiger partial charge in [-0.15, -0.1) is 0 Å². The maximum Gasteiger partial charge on any atom is 0.272 e. The van der Waals surface area contributed by atoms with E-state index >= 15 is 0 Å². The van der Waals surface area contributed by atoms with Gasteiger partial charge in [0.05, 0.1) is 26.0 Å². The van der Waals surface area contributed by atoms with Gasteiger partial charge in [-0.3, -0.25) is 9.89 Å². The van der Waals surface area contributed by atoms with E-state index in [4.69, 9.17) is 9.47 Å². The van der Waals surface area contributed by atoms with Crippen molar-refractivity contribution in [3.63, 3.8) is 0 Å². The minimum Gasteiger partial charge on any atom is -0.504 e. The summed E-state index contributed by atoms with van der Waals surface area (Å²) in [6, 6.07) is 12.3. The molecule has 0 saturated carbocycles. The van der Waals surface area contributed by atoms with Gasteiger partial charge in [-0.05, 0) is 29.8 Å². The fraction of sp³-hybridized carbons (Fsp3) is 0.200. The summed E-state index contributed by atoms with van der Waals surface area (Å²) >= 11 is 0. The Balaban J connectivity index is 1.88. The molecule has 2 N–H and O–H groups in total. The number of carbonyl (C=O) groups is 1. The fourth-order valence-electron chi connectivity index (χ4n) is 3.51. The third kappa shape index (κ3) is 2.59. The molecule has 0 bridgehead atoms. The molecule has 4 rings (SSSR count). The van der Waals surface area contributed by atoms with E-state index in [1.54, 1.807) is 37.3 Å². The van der Waals surface area contributed by atoms with Crippen LogP contribution in [0.2, 0.25) is 0 Å². The highest BCUT2D eigenvalue weighted by molar-refractivity contribution is 6.00. The topological polar surface area (TPSA) is 87.7 Å². The molecule has 138 valence electrons. The standard InChI is InChI=1S/C20H19N3O4/c1-23-19(12-7-8-14(24)15(10-12)27-3)16-17(21-22-18(16)20(23)25)11-5-4-6-13(9-11)26-2/h4-10,19,24H,1-3H3,(H,21,22). The number of phenolic OH excluding ortho intramolecular Hbond substituents is 1. The van der Waals surface area contributed by atoms with E-state index in [1.807, 2.05) is 24.3 Å². The van der Waals surface area contributed by atoms with Gasteiger partial charge in [-0.1, -0.05) is 18.2 Å². The molecular formula is C20H19N3O4. The summed E-state index contributed by atoms with van der Waals surface area (Å²) in [6.45, 7) is 0. The highest BCUT2D eigenvalue weighted by Gasteiger charge is 2.40. The van der Waals surface area contributed by atoms with Gasteiger partial charge < -0.3 is 19.5 Å². The number of amides is 1. The van der Waals surface area contributed by atoms with Crippen molar-refractivity contribution < 1.29 is 19.4 Å². The number of phenols is 1. The van der Waals surface area contributed by atoms with Crippen LogP contribution in [0.15, 0.2) is 42.5 Å². The Kier molecular flexibility index (Phi) is 3.99. The first kappa shape index (κ1) is 17.0. The van der Waals surface area contributed by atoms with Gasteiger partial charge in [0, 0.05) is 18.2 Å². The number of H-pyrrole nitrogens is 1. The van der Waals surface area contributed by atoms with Crippen LogP contribution in [-0.4, -0.2) is 47.4 Å². The largest absolute Gasteiger partial charge is 0.504 e. The number of aromatic nitrogens is 2. The third-order valence-electron chi connectivity index (χ3n) is 4.86. The SMILES string of the molecule is COc1cccc(-c2n[nH]c3c2C(c2ccc(O)c(OC)c2)N(C)C3=O)c1. The van der Waals surface area contributed by atoms with Crippen LogP contribution in [0.5, 0.6) is 17.2 Å². The molecule has 0 spiro atoms. The van der Waals surface area contributed by atoms with Crippen molar-refractivity contribution >= 4 is 5.91 Å². The molecule has 1 aliphatic heterocycles. The summed E-state index contributed by atoms with van der Waals surface area (Å²) in [7, 11) is 4.85. The molecule has 0 radical (unpaired) electrons. The van der Waals surface area contributed by atoms with Gasteiger partial charge in [0.2, 0.25) is 0 Å². The number of hydrogen-bond donors (Lipinski definition) is 2. The highest BCUT2D eigenvalue weighted by Crippen LogP contribution is 2.43. The number of benzene rings is 2. The second-order valence-corrected chi connectivity index (χ2v) is 6.34. The van der Waals surface area contributed by atoms with E-state index in [0.29, 0.717) is 22.9 Å². The lowest BCUT2D eigenvalue weighted by Gasteiger charge is -2.22. The molecule has 0 saturated heterocycles. The van der Waals surface area contributed by atoms with Crippen LogP contribution in [0.25, 0.3) is 11.3 Å². The normalized spacial score (nSPS) is 15.7. The molecule has 27 heavy (non-hydrogen) atoms. The lowest BCUT2D eigenvalue weighted by atomic mass is 9.96. The molecule has 3 aromatic rings. The van der Waals surface area contributed by atoms with Crippen LogP contribution < -0.4 is 9.47 Å². The summed E-state index contributed by atoms with van der Waals surface area (Å²) in [5, 5.41) is 17.2. The van der Waals surface area contributed by atoms with Crippen LogP contribution in [0.1, 0.15) is 27.7 Å². The lowest BCUT2D eigenvalue weighted by Crippen LogP contribution is -2.24. The van der Waals surface area contributed by atoms with Gasteiger partial charge in [0.1, 0.15) is 11.4 Å². The van der Waals surface area contributed by atoms with Gasteiger partial charge in [0.25, 0.3) is 5.91 Å². The summed E-state index contributed by atoms with van der Waals surface area (Å²) in [4.78, 5) is 14.4. The molecule has 0 aliphatic carbocycles. The molecule has 2 heterocycles. The molecule has 1 atom stereocenters. The van der Waals surface area contributed by atoms with Crippen molar-refractivity contribution in [1.29, 1.82) is 0 Å². The minimum atomic E-state index is -0.345. The zero-order valence-corrected chi connectivity index (χ0v) is 15.2. The van der Waals surface area contributed by atoms with E-state index in [1.165, 1.54) is 7.11 Å². The van der Waals surface area contributed by atoms with Crippen molar-refractivity contribution in [3.05, 3.63) is 59.3 Å². The summed E-state index contributed by atoms with van der Waals surface area (Å²) in [5.74, 6) is 0.982. The van der Waals surface area contributed by atoms with Crippen molar-refractivity contribution in [2.24, 2.45) is 0 Å². The Labute approximate surface area is 156 Å². The van der Waals surface area contributed by atoms with Crippen molar-refractivity contribution in [2.45, 2.75) is 6.04 Å². The Morgan fingerprint density at radius 2 is 1.96 bits per heavy atom. The number of aromatic amines is 1. The van der Waals surface area contributed by atoms with Gasteiger partial charge >= 0.3 is 0 Å². The number of fused-ring (bicyclic) bond motifs is 1. The number of nitrogens with zero attached hydrogens (tertiary/aromatic N) is 2. The average Bonchev–Trinajstić information content (AvgIpc) is 3.22. The predicted octanol–water partition coefficient (Wildman–Crippen LogP) is 2.97.